The lowest BCUT2D eigenvalue weighted by Crippen LogP contribution is -2.34. The number of benzene rings is 2. The van der Waals surface area contributed by atoms with Crippen molar-refractivity contribution in [3.63, 3.8) is 0 Å². The van der Waals surface area contributed by atoms with Crippen molar-refractivity contribution >= 4 is 43.5 Å². The molecule has 112 valence electrons. The molecular weight excluding hydrogens is 418 g/mol. The van der Waals surface area contributed by atoms with Crippen LogP contribution in [0.5, 0.6) is 0 Å². The minimum atomic E-state index is -0.248. The summed E-state index contributed by atoms with van der Waals surface area (Å²) in [4.78, 5) is 0. The van der Waals surface area contributed by atoms with E-state index in [1.54, 1.807) is 12.1 Å². The van der Waals surface area contributed by atoms with Crippen LogP contribution >= 0.6 is 43.5 Å². The molecule has 0 aliphatic rings. The average Bonchev–Trinajstić information content (AvgIpc) is 2.49. The Balaban J connectivity index is 2.51. The highest BCUT2D eigenvalue weighted by Crippen LogP contribution is 2.37. The molecule has 2 aromatic rings. The quantitative estimate of drug-likeness (QED) is 0.502. The van der Waals surface area contributed by atoms with Gasteiger partial charge in [0, 0.05) is 26.7 Å². The molecule has 0 aromatic heterocycles. The predicted molar refractivity (Wildman–Crippen MR) is 95.6 cm³/mol. The molecule has 0 heterocycles. The molecule has 0 saturated carbocycles. The summed E-state index contributed by atoms with van der Waals surface area (Å²) in [5.41, 5.74) is 2.74. The van der Waals surface area contributed by atoms with Gasteiger partial charge in [-0.25, -0.2) is 4.39 Å². The van der Waals surface area contributed by atoms with Gasteiger partial charge in [-0.15, -0.1) is 0 Å². The van der Waals surface area contributed by atoms with Gasteiger partial charge in [-0.05, 0) is 36.6 Å². The summed E-state index contributed by atoms with van der Waals surface area (Å²) in [7, 11) is 0. The molecule has 0 bridgehead atoms. The zero-order valence-corrected chi connectivity index (χ0v) is 15.6. The summed E-state index contributed by atoms with van der Waals surface area (Å²) in [5.74, 6) is -0.248. The van der Waals surface area contributed by atoms with E-state index in [-0.39, 0.29) is 11.2 Å². The third-order valence-corrected chi connectivity index (χ3v) is 6.31. The van der Waals surface area contributed by atoms with Crippen molar-refractivity contribution < 1.29 is 4.39 Å². The van der Waals surface area contributed by atoms with E-state index in [0.29, 0.717) is 17.0 Å². The lowest BCUT2D eigenvalue weighted by molar-refractivity contribution is 0.520. The van der Waals surface area contributed by atoms with Gasteiger partial charge in [-0.3, -0.25) is 0 Å². The molecule has 2 aromatic carbocycles. The maximum Gasteiger partial charge on any atom is 0.127 e. The highest BCUT2D eigenvalue weighted by atomic mass is 79.9. The number of halogens is 4. The molecule has 0 nitrogen and oxygen atoms in total. The van der Waals surface area contributed by atoms with Crippen molar-refractivity contribution in [2.75, 3.05) is 10.7 Å². The lowest BCUT2D eigenvalue weighted by atomic mass is 9.77. The number of rotatable bonds is 5. The Morgan fingerprint density at radius 3 is 2.29 bits per heavy atom. The third-order valence-electron chi connectivity index (χ3n) is 3.80. The Morgan fingerprint density at radius 1 is 1.05 bits per heavy atom. The zero-order valence-electron chi connectivity index (χ0n) is 11.7. The van der Waals surface area contributed by atoms with E-state index in [9.17, 15) is 4.39 Å². The van der Waals surface area contributed by atoms with Gasteiger partial charge in [0.1, 0.15) is 5.82 Å². The molecule has 0 fully saturated rings. The van der Waals surface area contributed by atoms with Crippen molar-refractivity contribution in [1.82, 2.24) is 0 Å². The van der Waals surface area contributed by atoms with Gasteiger partial charge in [-0.2, -0.15) is 0 Å². The summed E-state index contributed by atoms with van der Waals surface area (Å²) >= 11 is 13.4. The van der Waals surface area contributed by atoms with Crippen molar-refractivity contribution in [1.29, 1.82) is 0 Å². The largest absolute Gasteiger partial charge is 0.207 e. The second-order valence-electron chi connectivity index (χ2n) is 5.24. The van der Waals surface area contributed by atoms with Crippen LogP contribution in [0.4, 0.5) is 4.39 Å². The summed E-state index contributed by atoms with van der Waals surface area (Å²) in [6.45, 7) is 2.08. The first-order valence-corrected chi connectivity index (χ1v) is 9.27. The molecule has 0 aliphatic heterocycles. The molecular formula is C17H16Br2ClF. The van der Waals surface area contributed by atoms with Crippen LogP contribution in [0.15, 0.2) is 42.5 Å². The van der Waals surface area contributed by atoms with Crippen molar-refractivity contribution in [2.45, 2.75) is 18.8 Å². The fourth-order valence-electron chi connectivity index (χ4n) is 2.58. The third kappa shape index (κ3) is 3.52. The first-order valence-electron chi connectivity index (χ1n) is 6.65. The van der Waals surface area contributed by atoms with E-state index < -0.39 is 0 Å². The fourth-order valence-corrected chi connectivity index (χ4v) is 4.74. The van der Waals surface area contributed by atoms with Crippen LogP contribution in [0.1, 0.15) is 16.7 Å². The Kier molecular flexibility index (Phi) is 5.87. The summed E-state index contributed by atoms with van der Waals surface area (Å²) in [6, 6.07) is 13.1. The first kappa shape index (κ1) is 17.0. The maximum absolute atomic E-state index is 14.2. The predicted octanol–water partition coefficient (Wildman–Crippen LogP) is 6.06. The van der Waals surface area contributed by atoms with Gasteiger partial charge in [0.25, 0.3) is 0 Å². The SMILES string of the molecule is Cc1ccccc1C(CBr)(CBr)Cc1c(F)cccc1Cl. The molecule has 0 radical (unpaired) electrons. The minimum Gasteiger partial charge on any atom is -0.207 e. The fraction of sp³-hybridized carbons (Fsp3) is 0.294. The molecule has 0 atom stereocenters. The van der Waals surface area contributed by atoms with E-state index in [1.807, 2.05) is 12.1 Å². The van der Waals surface area contributed by atoms with E-state index in [1.165, 1.54) is 17.2 Å². The van der Waals surface area contributed by atoms with Gasteiger partial charge in [0.2, 0.25) is 0 Å². The normalized spacial score (nSPS) is 11.7. The van der Waals surface area contributed by atoms with Gasteiger partial charge in [0.05, 0.1) is 0 Å². The average molecular weight is 435 g/mol. The monoisotopic (exact) mass is 432 g/mol. The standard InChI is InChI=1S/C17H16Br2ClF/c1-12-5-2-3-6-14(12)17(10-18,11-19)9-13-15(20)7-4-8-16(13)21/h2-8H,9-11H2,1H3. The number of aryl methyl sites for hydroxylation is 1. The first-order chi connectivity index (χ1) is 10.0. The van der Waals surface area contributed by atoms with E-state index in [4.69, 9.17) is 11.6 Å². The minimum absolute atomic E-state index is 0.239. The van der Waals surface area contributed by atoms with Crippen molar-refractivity contribution in [3.05, 3.63) is 70.0 Å². The number of alkyl halides is 2. The van der Waals surface area contributed by atoms with E-state index in [0.717, 1.165) is 10.7 Å². The molecule has 0 aliphatic carbocycles. The van der Waals surface area contributed by atoms with Crippen LogP contribution in [-0.2, 0) is 11.8 Å². The van der Waals surface area contributed by atoms with Crippen molar-refractivity contribution in [2.24, 2.45) is 0 Å². The second kappa shape index (κ2) is 7.26. The van der Waals surface area contributed by atoms with Crippen LogP contribution in [-0.4, -0.2) is 10.7 Å². The number of hydrogen-bond acceptors (Lipinski definition) is 0. The van der Waals surface area contributed by atoms with Crippen LogP contribution in [0.2, 0.25) is 5.02 Å². The lowest BCUT2D eigenvalue weighted by Gasteiger charge is -2.33. The van der Waals surface area contributed by atoms with Crippen LogP contribution in [0.25, 0.3) is 0 Å². The van der Waals surface area contributed by atoms with Crippen molar-refractivity contribution in [3.8, 4) is 0 Å². The molecule has 0 unspecified atom stereocenters. The number of hydrogen-bond donors (Lipinski definition) is 0. The van der Waals surface area contributed by atoms with Gasteiger partial charge < -0.3 is 0 Å². The second-order valence-corrected chi connectivity index (χ2v) is 6.77. The molecule has 4 heteroatoms. The van der Waals surface area contributed by atoms with E-state index >= 15 is 0 Å². The Labute approximate surface area is 147 Å². The smallest absolute Gasteiger partial charge is 0.127 e. The Bertz CT molecular complexity index is 604. The van der Waals surface area contributed by atoms with E-state index in [2.05, 4.69) is 50.9 Å². The molecule has 0 amide bonds. The van der Waals surface area contributed by atoms with Crippen LogP contribution < -0.4 is 0 Å². The van der Waals surface area contributed by atoms with Gasteiger partial charge in [-0.1, -0.05) is 73.8 Å². The molecule has 21 heavy (non-hydrogen) atoms. The molecule has 0 spiro atoms. The van der Waals surface area contributed by atoms with Gasteiger partial charge in [0.15, 0.2) is 0 Å². The highest BCUT2D eigenvalue weighted by Gasteiger charge is 2.33. The molecule has 2 rings (SSSR count). The Hall–Kier alpha value is -0.380. The van der Waals surface area contributed by atoms with Crippen LogP contribution in [0.3, 0.4) is 0 Å². The van der Waals surface area contributed by atoms with Gasteiger partial charge >= 0.3 is 0 Å². The molecule has 0 saturated heterocycles. The highest BCUT2D eigenvalue weighted by molar-refractivity contribution is 9.09. The Morgan fingerprint density at radius 2 is 1.71 bits per heavy atom. The summed E-state index contributed by atoms with van der Waals surface area (Å²) in [5, 5.41) is 1.93. The summed E-state index contributed by atoms with van der Waals surface area (Å²) < 4.78 is 14.2. The summed E-state index contributed by atoms with van der Waals surface area (Å²) in [6.07, 6.45) is 0.542. The maximum atomic E-state index is 14.2. The van der Waals surface area contributed by atoms with Crippen LogP contribution in [0, 0.1) is 12.7 Å². The zero-order chi connectivity index (χ0) is 15.5. The topological polar surface area (TPSA) is 0 Å². The molecule has 0 N–H and O–H groups in total.